The molecule has 2 aliphatic rings. The normalized spacial score (nSPS) is 21.8. The highest BCUT2D eigenvalue weighted by atomic mass is 19.1. The molecule has 0 aromatic heterocycles. The zero-order valence-corrected chi connectivity index (χ0v) is 14.5. The largest absolute Gasteiger partial charge is 0.371 e. The lowest BCUT2D eigenvalue weighted by Gasteiger charge is -2.31. The van der Waals surface area contributed by atoms with Crippen LogP contribution in [0.2, 0.25) is 0 Å². The topological polar surface area (TPSA) is 35.6 Å². The lowest BCUT2D eigenvalue weighted by Crippen LogP contribution is -2.45. The van der Waals surface area contributed by atoms with Crippen LogP contribution < -0.4 is 10.2 Å². The number of amides is 2. The van der Waals surface area contributed by atoms with Crippen LogP contribution in [0.4, 0.5) is 14.9 Å². The Labute approximate surface area is 144 Å². The third kappa shape index (κ3) is 4.19. The van der Waals surface area contributed by atoms with Gasteiger partial charge in [0.05, 0.1) is 0 Å². The van der Waals surface area contributed by atoms with E-state index in [9.17, 15) is 9.18 Å². The highest BCUT2D eigenvalue weighted by Gasteiger charge is 2.25. The molecule has 1 N–H and O–H groups in total. The van der Waals surface area contributed by atoms with Crippen LogP contribution in [0.5, 0.6) is 0 Å². The zero-order valence-electron chi connectivity index (χ0n) is 14.5. The van der Waals surface area contributed by atoms with E-state index in [0.29, 0.717) is 18.5 Å². The Morgan fingerprint density at radius 1 is 1.21 bits per heavy atom. The quantitative estimate of drug-likeness (QED) is 0.913. The molecular formula is C19H28FN3O. The number of hydrogen-bond acceptors (Lipinski definition) is 2. The highest BCUT2D eigenvalue weighted by molar-refractivity contribution is 5.74. The maximum absolute atomic E-state index is 13.0. The van der Waals surface area contributed by atoms with E-state index in [2.05, 4.69) is 10.2 Å². The van der Waals surface area contributed by atoms with Crippen LogP contribution in [0.25, 0.3) is 0 Å². The van der Waals surface area contributed by atoms with Gasteiger partial charge in [0.25, 0.3) is 0 Å². The van der Waals surface area contributed by atoms with Crippen LogP contribution in [-0.4, -0.2) is 43.7 Å². The number of carbonyl (C=O) groups excluding carboxylic acids is 1. The molecule has 2 amide bonds. The van der Waals surface area contributed by atoms with Gasteiger partial charge >= 0.3 is 6.03 Å². The summed E-state index contributed by atoms with van der Waals surface area (Å²) in [5.41, 5.74) is 1.06. The van der Waals surface area contributed by atoms with E-state index in [1.807, 2.05) is 24.1 Å². The molecule has 1 aromatic carbocycles. The van der Waals surface area contributed by atoms with Crippen LogP contribution >= 0.6 is 0 Å². The predicted molar refractivity (Wildman–Crippen MR) is 94.8 cm³/mol. The van der Waals surface area contributed by atoms with Gasteiger partial charge in [0.15, 0.2) is 0 Å². The lowest BCUT2D eigenvalue weighted by atomic mass is 9.95. The van der Waals surface area contributed by atoms with E-state index < -0.39 is 0 Å². The van der Waals surface area contributed by atoms with Crippen molar-refractivity contribution >= 4 is 11.7 Å². The van der Waals surface area contributed by atoms with Gasteiger partial charge in [0, 0.05) is 38.4 Å². The minimum atomic E-state index is -0.201. The third-order valence-electron chi connectivity index (χ3n) is 5.46. The fourth-order valence-corrected chi connectivity index (χ4v) is 3.88. The number of carbonyl (C=O) groups is 1. The van der Waals surface area contributed by atoms with Crippen molar-refractivity contribution in [1.29, 1.82) is 0 Å². The van der Waals surface area contributed by atoms with Gasteiger partial charge in [-0.25, -0.2) is 9.18 Å². The molecule has 4 nitrogen and oxygen atoms in total. The number of benzene rings is 1. The maximum Gasteiger partial charge on any atom is 0.317 e. The maximum atomic E-state index is 13.0. The molecule has 1 saturated heterocycles. The number of urea groups is 1. The van der Waals surface area contributed by atoms with Crippen LogP contribution in [0, 0.1) is 11.7 Å². The zero-order chi connectivity index (χ0) is 16.9. The molecule has 0 spiro atoms. The first-order chi connectivity index (χ1) is 11.6. The number of nitrogens with one attached hydrogen (secondary N) is 1. The second-order valence-corrected chi connectivity index (χ2v) is 7.17. The van der Waals surface area contributed by atoms with Crippen molar-refractivity contribution in [2.75, 3.05) is 31.6 Å². The molecule has 1 atom stereocenters. The summed E-state index contributed by atoms with van der Waals surface area (Å²) < 4.78 is 13.0. The number of rotatable bonds is 4. The molecule has 1 heterocycles. The Kier molecular flexibility index (Phi) is 5.59. The van der Waals surface area contributed by atoms with Gasteiger partial charge < -0.3 is 15.1 Å². The number of anilines is 1. The standard InChI is InChI=1S/C19H28FN3O/c1-22(17-5-3-2-4-6-17)19(24)21-13-15-11-12-23(14-15)18-9-7-16(20)8-10-18/h7-10,15,17H,2-6,11-14H2,1H3,(H,21,24). The molecule has 132 valence electrons. The van der Waals surface area contributed by atoms with Gasteiger partial charge in [0.1, 0.15) is 5.82 Å². The van der Waals surface area contributed by atoms with Crippen molar-refractivity contribution in [3.05, 3.63) is 30.1 Å². The van der Waals surface area contributed by atoms with Crippen LogP contribution in [0.1, 0.15) is 38.5 Å². The van der Waals surface area contributed by atoms with E-state index in [0.717, 1.165) is 38.0 Å². The van der Waals surface area contributed by atoms with E-state index in [1.165, 1.54) is 31.4 Å². The summed E-state index contributed by atoms with van der Waals surface area (Å²) in [6, 6.07) is 7.12. The molecule has 1 aliphatic carbocycles. The summed E-state index contributed by atoms with van der Waals surface area (Å²) in [5.74, 6) is 0.256. The average molecular weight is 333 g/mol. The molecule has 2 fully saturated rings. The summed E-state index contributed by atoms with van der Waals surface area (Å²) in [7, 11) is 1.92. The van der Waals surface area contributed by atoms with Crippen molar-refractivity contribution in [2.24, 2.45) is 5.92 Å². The second kappa shape index (κ2) is 7.86. The van der Waals surface area contributed by atoms with Crippen LogP contribution in [0.15, 0.2) is 24.3 Å². The molecule has 5 heteroatoms. The highest BCUT2D eigenvalue weighted by Crippen LogP contribution is 2.24. The fraction of sp³-hybridized carbons (Fsp3) is 0.632. The molecule has 0 radical (unpaired) electrons. The van der Waals surface area contributed by atoms with Crippen LogP contribution in [0.3, 0.4) is 0 Å². The van der Waals surface area contributed by atoms with Crippen molar-refractivity contribution in [2.45, 2.75) is 44.6 Å². The van der Waals surface area contributed by atoms with Crippen LogP contribution in [-0.2, 0) is 0 Å². The fourth-order valence-electron chi connectivity index (χ4n) is 3.88. The summed E-state index contributed by atoms with van der Waals surface area (Å²) in [5, 5.41) is 3.10. The summed E-state index contributed by atoms with van der Waals surface area (Å²) in [6.07, 6.45) is 7.09. The molecule has 0 bridgehead atoms. The summed E-state index contributed by atoms with van der Waals surface area (Å²) in [6.45, 7) is 2.59. The second-order valence-electron chi connectivity index (χ2n) is 7.17. The monoisotopic (exact) mass is 333 g/mol. The van der Waals surface area contributed by atoms with Gasteiger partial charge in [-0.15, -0.1) is 0 Å². The first kappa shape index (κ1) is 17.1. The average Bonchev–Trinajstić information content (AvgIpc) is 3.09. The minimum absolute atomic E-state index is 0.0575. The van der Waals surface area contributed by atoms with Gasteiger partial charge in [-0.1, -0.05) is 19.3 Å². The van der Waals surface area contributed by atoms with Gasteiger partial charge in [-0.05, 0) is 49.4 Å². The van der Waals surface area contributed by atoms with Gasteiger partial charge in [0.2, 0.25) is 0 Å². The summed E-state index contributed by atoms with van der Waals surface area (Å²) in [4.78, 5) is 16.5. The van der Waals surface area contributed by atoms with Crippen molar-refractivity contribution < 1.29 is 9.18 Å². The number of hydrogen-bond donors (Lipinski definition) is 1. The molecule has 1 saturated carbocycles. The molecule has 1 aliphatic heterocycles. The lowest BCUT2D eigenvalue weighted by molar-refractivity contribution is 0.172. The Balaban J connectivity index is 1.43. The molecular weight excluding hydrogens is 305 g/mol. The minimum Gasteiger partial charge on any atom is -0.371 e. The first-order valence-corrected chi connectivity index (χ1v) is 9.14. The number of halogens is 1. The van der Waals surface area contributed by atoms with Crippen molar-refractivity contribution in [3.63, 3.8) is 0 Å². The molecule has 1 unspecified atom stereocenters. The van der Waals surface area contributed by atoms with E-state index >= 15 is 0 Å². The molecule has 3 rings (SSSR count). The van der Waals surface area contributed by atoms with E-state index in [1.54, 1.807) is 0 Å². The van der Waals surface area contributed by atoms with Gasteiger partial charge in [-0.2, -0.15) is 0 Å². The van der Waals surface area contributed by atoms with Gasteiger partial charge in [-0.3, -0.25) is 0 Å². The Morgan fingerprint density at radius 2 is 1.92 bits per heavy atom. The Hall–Kier alpha value is -1.78. The number of nitrogens with zero attached hydrogens (tertiary/aromatic N) is 2. The first-order valence-electron chi connectivity index (χ1n) is 9.14. The SMILES string of the molecule is CN(C(=O)NCC1CCN(c2ccc(F)cc2)C1)C1CCCCC1. The third-order valence-corrected chi connectivity index (χ3v) is 5.46. The van der Waals surface area contributed by atoms with Crippen molar-refractivity contribution in [3.8, 4) is 0 Å². The predicted octanol–water partition coefficient (Wildman–Crippen LogP) is 3.63. The Bertz CT molecular complexity index is 542. The Morgan fingerprint density at radius 3 is 2.62 bits per heavy atom. The smallest absolute Gasteiger partial charge is 0.317 e. The summed E-state index contributed by atoms with van der Waals surface area (Å²) >= 11 is 0. The van der Waals surface area contributed by atoms with Crippen molar-refractivity contribution in [1.82, 2.24) is 10.2 Å². The van der Waals surface area contributed by atoms with E-state index in [-0.39, 0.29) is 11.8 Å². The van der Waals surface area contributed by atoms with E-state index in [4.69, 9.17) is 0 Å². The molecule has 24 heavy (non-hydrogen) atoms. The molecule has 1 aromatic rings.